The molecule has 0 saturated heterocycles. The van der Waals surface area contributed by atoms with E-state index in [2.05, 4.69) is 0 Å². The van der Waals surface area contributed by atoms with Crippen LogP contribution < -0.4 is 5.73 Å². The molecule has 0 unspecified atom stereocenters. The van der Waals surface area contributed by atoms with Crippen LogP contribution in [0.2, 0.25) is 0 Å². The maximum Gasteiger partial charge on any atom is 0.127 e. The van der Waals surface area contributed by atoms with Crippen molar-refractivity contribution in [2.45, 2.75) is 52.4 Å². The van der Waals surface area contributed by atoms with Gasteiger partial charge >= 0.3 is 0 Å². The summed E-state index contributed by atoms with van der Waals surface area (Å²) in [7, 11) is 1.69. The van der Waals surface area contributed by atoms with Crippen molar-refractivity contribution in [1.29, 1.82) is 0 Å². The summed E-state index contributed by atoms with van der Waals surface area (Å²) in [5.41, 5.74) is 7.83. The van der Waals surface area contributed by atoms with Gasteiger partial charge in [0.15, 0.2) is 0 Å². The van der Waals surface area contributed by atoms with Crippen LogP contribution in [-0.4, -0.2) is 7.11 Å². The molecule has 0 aromatic heterocycles. The van der Waals surface area contributed by atoms with Gasteiger partial charge in [0, 0.05) is 17.5 Å². The molecule has 0 radical (unpaired) electrons. The number of hydrogen-bond acceptors (Lipinski definition) is 2. The zero-order valence-corrected chi connectivity index (χ0v) is 13.2. The van der Waals surface area contributed by atoms with Gasteiger partial charge in [-0.3, -0.25) is 0 Å². The minimum Gasteiger partial charge on any atom is -0.501 e. The van der Waals surface area contributed by atoms with E-state index in [-0.39, 0.29) is 11.2 Å². The third-order valence-electron chi connectivity index (χ3n) is 3.83. The molecular formula is C17H26FNO. The van der Waals surface area contributed by atoms with Gasteiger partial charge in [0.1, 0.15) is 5.82 Å². The largest absolute Gasteiger partial charge is 0.501 e. The van der Waals surface area contributed by atoms with Crippen LogP contribution in [0.5, 0.6) is 0 Å². The fraction of sp³-hybridized carbons (Fsp3) is 0.529. The lowest BCUT2D eigenvalue weighted by molar-refractivity contribution is 0.274. The van der Waals surface area contributed by atoms with Gasteiger partial charge < -0.3 is 10.5 Å². The summed E-state index contributed by atoms with van der Waals surface area (Å²) in [6.45, 7) is 8.06. The molecule has 0 heterocycles. The first-order valence-corrected chi connectivity index (χ1v) is 7.29. The van der Waals surface area contributed by atoms with Crippen molar-refractivity contribution in [3.05, 3.63) is 40.9 Å². The number of benzene rings is 1. The first-order valence-electron chi connectivity index (χ1n) is 7.29. The van der Waals surface area contributed by atoms with E-state index < -0.39 is 0 Å². The summed E-state index contributed by atoms with van der Waals surface area (Å²) < 4.78 is 19.5. The van der Waals surface area contributed by atoms with Gasteiger partial charge in [-0.1, -0.05) is 27.7 Å². The van der Waals surface area contributed by atoms with Crippen LogP contribution in [0.15, 0.2) is 29.5 Å². The average Bonchev–Trinajstić information content (AvgIpc) is 2.93. The maximum atomic E-state index is 14.0. The smallest absolute Gasteiger partial charge is 0.127 e. The third kappa shape index (κ3) is 3.14. The van der Waals surface area contributed by atoms with Gasteiger partial charge in [-0.2, -0.15) is 0 Å². The summed E-state index contributed by atoms with van der Waals surface area (Å²) in [4.78, 5) is 0. The Morgan fingerprint density at radius 2 is 1.85 bits per heavy atom. The van der Waals surface area contributed by atoms with Crippen molar-refractivity contribution in [2.24, 2.45) is 0 Å². The molecule has 1 aliphatic carbocycles. The first kappa shape index (κ1) is 16.5. The quantitative estimate of drug-likeness (QED) is 0.807. The average molecular weight is 279 g/mol. The second-order valence-electron chi connectivity index (χ2n) is 5.32. The fourth-order valence-corrected chi connectivity index (χ4v) is 2.79. The summed E-state index contributed by atoms with van der Waals surface area (Å²) in [5, 5.41) is 0. The molecule has 3 heteroatoms. The van der Waals surface area contributed by atoms with Crippen LogP contribution in [0, 0.1) is 5.82 Å². The highest BCUT2D eigenvalue weighted by molar-refractivity contribution is 5.47. The molecule has 1 aliphatic rings. The van der Waals surface area contributed by atoms with Crippen molar-refractivity contribution >= 4 is 5.69 Å². The molecule has 2 nitrogen and oxygen atoms in total. The maximum absolute atomic E-state index is 14.0. The van der Waals surface area contributed by atoms with E-state index in [0.717, 1.165) is 25.0 Å². The van der Waals surface area contributed by atoms with Gasteiger partial charge in [0.05, 0.1) is 12.9 Å². The Hall–Kier alpha value is -1.51. The SMILES string of the molecule is CC.COC1=C(C(C)(C)c2cc(N)ccc2F)CCC1. The molecule has 2 rings (SSSR count). The van der Waals surface area contributed by atoms with Crippen molar-refractivity contribution in [3.63, 3.8) is 0 Å². The predicted molar refractivity (Wildman–Crippen MR) is 83.1 cm³/mol. The Labute approximate surface area is 121 Å². The second-order valence-corrected chi connectivity index (χ2v) is 5.32. The van der Waals surface area contributed by atoms with Gasteiger partial charge in [-0.05, 0) is 42.2 Å². The number of ether oxygens (including phenoxy) is 1. The Bertz CT molecular complexity index is 492. The molecule has 0 spiro atoms. The number of halogens is 1. The van der Waals surface area contributed by atoms with E-state index in [9.17, 15) is 4.39 Å². The molecule has 112 valence electrons. The monoisotopic (exact) mass is 279 g/mol. The minimum absolute atomic E-state index is 0.205. The minimum atomic E-state index is -0.374. The van der Waals surface area contributed by atoms with Crippen LogP contribution >= 0.6 is 0 Å². The molecule has 1 aromatic carbocycles. The highest BCUT2D eigenvalue weighted by atomic mass is 19.1. The molecule has 0 atom stereocenters. The lowest BCUT2D eigenvalue weighted by Gasteiger charge is -2.29. The molecule has 0 aliphatic heterocycles. The van der Waals surface area contributed by atoms with Crippen molar-refractivity contribution in [2.75, 3.05) is 12.8 Å². The summed E-state index contributed by atoms with van der Waals surface area (Å²) >= 11 is 0. The Morgan fingerprint density at radius 3 is 2.45 bits per heavy atom. The second kappa shape index (κ2) is 6.78. The van der Waals surface area contributed by atoms with Crippen LogP contribution in [0.3, 0.4) is 0 Å². The van der Waals surface area contributed by atoms with Crippen LogP contribution in [0.4, 0.5) is 10.1 Å². The number of allylic oxidation sites excluding steroid dienone is 2. The number of nitrogens with two attached hydrogens (primary N) is 1. The number of methoxy groups -OCH3 is 1. The van der Waals surface area contributed by atoms with Gasteiger partial charge in [-0.25, -0.2) is 4.39 Å². The highest BCUT2D eigenvalue weighted by Gasteiger charge is 2.33. The number of hydrogen-bond donors (Lipinski definition) is 1. The summed E-state index contributed by atoms with van der Waals surface area (Å²) in [5.74, 6) is 0.797. The van der Waals surface area contributed by atoms with Gasteiger partial charge in [0.2, 0.25) is 0 Å². The van der Waals surface area contributed by atoms with E-state index in [1.807, 2.05) is 27.7 Å². The molecule has 20 heavy (non-hydrogen) atoms. The highest BCUT2D eigenvalue weighted by Crippen LogP contribution is 2.42. The molecular weight excluding hydrogens is 253 g/mol. The van der Waals surface area contributed by atoms with E-state index >= 15 is 0 Å². The molecule has 0 fully saturated rings. The zero-order chi connectivity index (χ0) is 15.3. The van der Waals surface area contributed by atoms with Gasteiger partial charge in [-0.15, -0.1) is 0 Å². The van der Waals surface area contributed by atoms with Gasteiger partial charge in [0.25, 0.3) is 0 Å². The first-order chi connectivity index (χ1) is 9.46. The van der Waals surface area contributed by atoms with Crippen LogP contribution in [-0.2, 0) is 10.2 Å². The van der Waals surface area contributed by atoms with E-state index in [0.29, 0.717) is 11.3 Å². The molecule has 2 N–H and O–H groups in total. The van der Waals surface area contributed by atoms with Crippen LogP contribution in [0.25, 0.3) is 0 Å². The van der Waals surface area contributed by atoms with Crippen molar-refractivity contribution in [1.82, 2.24) is 0 Å². The van der Waals surface area contributed by atoms with Crippen LogP contribution in [0.1, 0.15) is 52.5 Å². The third-order valence-corrected chi connectivity index (χ3v) is 3.83. The standard InChI is InChI=1S/C15H20FNO.C2H6/c1-15(2,11-5-4-6-14(11)18-3)12-9-10(17)7-8-13(12)16;1-2/h7-9H,4-6,17H2,1-3H3;1-2H3. The Kier molecular flexibility index (Phi) is 5.61. The predicted octanol–water partition coefficient (Wildman–Crippen LogP) is 4.80. The summed E-state index contributed by atoms with van der Waals surface area (Å²) in [6.07, 6.45) is 2.98. The molecule has 0 saturated carbocycles. The fourth-order valence-electron chi connectivity index (χ4n) is 2.79. The van der Waals surface area contributed by atoms with E-state index in [1.165, 1.54) is 11.6 Å². The topological polar surface area (TPSA) is 35.2 Å². The lowest BCUT2D eigenvalue weighted by Crippen LogP contribution is -2.22. The number of anilines is 1. The van der Waals surface area contributed by atoms with E-state index in [1.54, 1.807) is 19.2 Å². The summed E-state index contributed by atoms with van der Waals surface area (Å²) in [6, 6.07) is 4.76. The lowest BCUT2D eigenvalue weighted by atomic mass is 9.76. The molecule has 1 aromatic rings. The zero-order valence-electron chi connectivity index (χ0n) is 13.2. The van der Waals surface area contributed by atoms with Crippen molar-refractivity contribution in [3.8, 4) is 0 Å². The normalized spacial score (nSPS) is 14.9. The Balaban J connectivity index is 0.000000956. The number of nitrogen functional groups attached to an aromatic ring is 1. The molecule has 0 amide bonds. The molecule has 0 bridgehead atoms. The van der Waals surface area contributed by atoms with E-state index in [4.69, 9.17) is 10.5 Å². The van der Waals surface area contributed by atoms with Crippen molar-refractivity contribution < 1.29 is 9.13 Å². The Morgan fingerprint density at radius 1 is 1.20 bits per heavy atom. The number of rotatable bonds is 3.